The van der Waals surface area contributed by atoms with Crippen molar-refractivity contribution in [3.63, 3.8) is 0 Å². The Kier molecular flexibility index (Phi) is 4.02. The Morgan fingerprint density at radius 2 is 2.05 bits per heavy atom. The number of anilines is 1. The summed E-state index contributed by atoms with van der Waals surface area (Å²) in [6.45, 7) is 3.67. The van der Waals surface area contributed by atoms with Crippen molar-refractivity contribution >= 4 is 11.6 Å². The molecular formula is C15H20F3N2O2+. The van der Waals surface area contributed by atoms with Crippen LogP contribution in [0.15, 0.2) is 12.1 Å². The monoisotopic (exact) mass is 317 g/mol. The van der Waals surface area contributed by atoms with Gasteiger partial charge in [-0.1, -0.05) is 0 Å². The zero-order valence-corrected chi connectivity index (χ0v) is 12.7. The number of hydrogen-bond donors (Lipinski definition) is 3. The van der Waals surface area contributed by atoms with Crippen LogP contribution in [0.25, 0.3) is 0 Å². The molecule has 1 aromatic carbocycles. The highest BCUT2D eigenvalue weighted by molar-refractivity contribution is 5.73. The third-order valence-corrected chi connectivity index (χ3v) is 4.30. The Morgan fingerprint density at radius 1 is 1.41 bits per heavy atom. The molecule has 2 rings (SSSR count). The van der Waals surface area contributed by atoms with Gasteiger partial charge in [-0.05, 0) is 43.5 Å². The average molecular weight is 317 g/mol. The summed E-state index contributed by atoms with van der Waals surface area (Å²) in [5, 5.41) is 9.20. The Hall–Kier alpha value is -1.92. The molecule has 0 heterocycles. The second kappa shape index (κ2) is 5.37. The van der Waals surface area contributed by atoms with Crippen molar-refractivity contribution in [2.75, 3.05) is 12.8 Å². The molecule has 0 aliphatic heterocycles. The molecule has 1 aliphatic rings. The van der Waals surface area contributed by atoms with Crippen LogP contribution in [0.2, 0.25) is 0 Å². The first-order valence-corrected chi connectivity index (χ1v) is 6.94. The van der Waals surface area contributed by atoms with Crippen LogP contribution in [0.5, 0.6) is 5.75 Å². The summed E-state index contributed by atoms with van der Waals surface area (Å²) in [6.07, 6.45) is -3.73. The van der Waals surface area contributed by atoms with Crippen molar-refractivity contribution in [1.29, 1.82) is 0 Å². The van der Waals surface area contributed by atoms with Gasteiger partial charge in [0.1, 0.15) is 5.75 Å². The summed E-state index contributed by atoms with van der Waals surface area (Å²) in [5.74, 6) is -1.16. The molecule has 0 saturated carbocycles. The third-order valence-electron chi connectivity index (χ3n) is 4.30. The van der Waals surface area contributed by atoms with Crippen LogP contribution in [0.4, 0.5) is 18.9 Å². The molecule has 0 fully saturated rings. The topological polar surface area (TPSA) is 69.5 Å². The van der Waals surface area contributed by atoms with Crippen molar-refractivity contribution in [3.8, 4) is 5.75 Å². The van der Waals surface area contributed by atoms with Gasteiger partial charge in [-0.2, -0.15) is 13.2 Å². The highest BCUT2D eigenvalue weighted by Crippen LogP contribution is 2.39. The van der Waals surface area contributed by atoms with Crippen molar-refractivity contribution in [2.24, 2.45) is 0 Å². The van der Waals surface area contributed by atoms with Gasteiger partial charge in [-0.15, -0.1) is 0 Å². The SMILES string of the molecule is COc1cc2c(cc1N)CCC([NH+]=C(O)C(F)(F)F)C2(C)C. The number of benzene rings is 1. The fraction of sp³-hybridized carbons (Fsp3) is 0.533. The smallest absolute Gasteiger partial charge is 0.495 e. The fourth-order valence-electron chi connectivity index (χ4n) is 2.97. The summed E-state index contributed by atoms with van der Waals surface area (Å²) >= 11 is 0. The number of halogens is 3. The van der Waals surface area contributed by atoms with Gasteiger partial charge in [-0.3, -0.25) is 0 Å². The molecule has 0 amide bonds. The second-order valence-electron chi connectivity index (χ2n) is 6.05. The maximum atomic E-state index is 12.5. The van der Waals surface area contributed by atoms with Crippen molar-refractivity contribution in [2.45, 2.75) is 44.3 Å². The molecular weight excluding hydrogens is 297 g/mol. The molecule has 0 aromatic heterocycles. The molecule has 0 radical (unpaired) electrons. The first kappa shape index (κ1) is 16.5. The number of fused-ring (bicyclic) bond motifs is 1. The second-order valence-corrected chi connectivity index (χ2v) is 6.05. The van der Waals surface area contributed by atoms with E-state index in [2.05, 4.69) is 4.99 Å². The van der Waals surface area contributed by atoms with Crippen molar-refractivity contribution < 1.29 is 28.0 Å². The predicted molar refractivity (Wildman–Crippen MR) is 77.2 cm³/mol. The zero-order valence-electron chi connectivity index (χ0n) is 12.7. The number of nitrogen functional groups attached to an aromatic ring is 1. The van der Waals surface area contributed by atoms with E-state index in [9.17, 15) is 18.3 Å². The summed E-state index contributed by atoms with van der Waals surface area (Å²) in [4.78, 5) is 2.22. The molecule has 4 N–H and O–H groups in total. The largest absolute Gasteiger partial charge is 0.516 e. The molecule has 22 heavy (non-hydrogen) atoms. The first-order chi connectivity index (χ1) is 10.1. The summed E-state index contributed by atoms with van der Waals surface area (Å²) in [7, 11) is 1.49. The van der Waals surface area contributed by atoms with Gasteiger partial charge in [0.05, 0.1) is 18.2 Å². The number of hydrogen-bond acceptors (Lipinski definition) is 2. The molecule has 0 saturated heterocycles. The molecule has 1 aliphatic carbocycles. The van der Waals surface area contributed by atoms with E-state index >= 15 is 0 Å². The van der Waals surface area contributed by atoms with E-state index in [1.165, 1.54) is 7.11 Å². The lowest BCUT2D eigenvalue weighted by Gasteiger charge is -2.35. The standard InChI is InChI=1S/C15H19F3N2O2/c1-14(2)9-7-11(22-3)10(19)6-8(9)4-5-12(14)20-13(21)15(16,17)18/h6-7,12H,4-5,19H2,1-3H3,(H,20,21)/p+1. The summed E-state index contributed by atoms with van der Waals surface area (Å²) < 4.78 is 42.8. The Bertz CT molecular complexity index is 610. The van der Waals surface area contributed by atoms with E-state index in [0.717, 1.165) is 11.1 Å². The number of aliphatic hydroxyl groups excluding tert-OH is 1. The lowest BCUT2D eigenvalue weighted by atomic mass is 9.69. The van der Waals surface area contributed by atoms with Crippen LogP contribution in [-0.4, -0.2) is 30.3 Å². The van der Waals surface area contributed by atoms with E-state index in [1.807, 2.05) is 13.8 Å². The quantitative estimate of drug-likeness (QED) is 0.439. The minimum absolute atomic E-state index is 0.464. The van der Waals surface area contributed by atoms with E-state index in [1.54, 1.807) is 12.1 Å². The van der Waals surface area contributed by atoms with E-state index in [0.29, 0.717) is 24.3 Å². The van der Waals surface area contributed by atoms with Gasteiger partial charge in [0, 0.05) is 6.42 Å². The number of methoxy groups -OCH3 is 1. The molecule has 1 unspecified atom stereocenters. The molecule has 0 bridgehead atoms. The van der Waals surface area contributed by atoms with Crippen molar-refractivity contribution in [1.82, 2.24) is 0 Å². The number of ether oxygens (including phenoxy) is 1. The number of alkyl halides is 3. The van der Waals surface area contributed by atoms with E-state index in [4.69, 9.17) is 10.5 Å². The molecule has 0 spiro atoms. The highest BCUT2D eigenvalue weighted by Gasteiger charge is 2.47. The highest BCUT2D eigenvalue weighted by atomic mass is 19.4. The third kappa shape index (κ3) is 2.84. The predicted octanol–water partition coefficient (Wildman–Crippen LogP) is 1.47. The van der Waals surface area contributed by atoms with Crippen LogP contribution in [-0.2, 0) is 11.8 Å². The molecule has 1 aromatic rings. The molecule has 7 heteroatoms. The molecule has 4 nitrogen and oxygen atoms in total. The van der Waals surface area contributed by atoms with Gasteiger partial charge in [-0.25, -0.2) is 4.99 Å². The first-order valence-electron chi connectivity index (χ1n) is 6.94. The minimum atomic E-state index is -4.77. The number of aliphatic hydroxyl groups is 1. The van der Waals surface area contributed by atoms with E-state index < -0.39 is 23.5 Å². The summed E-state index contributed by atoms with van der Waals surface area (Å²) in [6, 6.07) is 3.03. The fourth-order valence-corrected chi connectivity index (χ4v) is 2.97. The van der Waals surface area contributed by atoms with Crippen molar-refractivity contribution in [3.05, 3.63) is 23.3 Å². The van der Waals surface area contributed by atoms with E-state index in [-0.39, 0.29) is 0 Å². The lowest BCUT2D eigenvalue weighted by Crippen LogP contribution is -2.86. The number of nitrogens with two attached hydrogens (primary N) is 1. The maximum Gasteiger partial charge on any atom is 0.516 e. The Balaban J connectivity index is 2.46. The molecule has 1 atom stereocenters. The van der Waals surface area contributed by atoms with Crippen LogP contribution in [0, 0.1) is 0 Å². The maximum absolute atomic E-state index is 12.5. The van der Waals surface area contributed by atoms with Gasteiger partial charge in [0.25, 0.3) is 0 Å². The Labute approximate surface area is 126 Å². The lowest BCUT2D eigenvalue weighted by molar-refractivity contribution is -0.534. The van der Waals surface area contributed by atoms with Crippen LogP contribution in [0.3, 0.4) is 0 Å². The Morgan fingerprint density at radius 3 is 2.59 bits per heavy atom. The average Bonchev–Trinajstić information content (AvgIpc) is 2.40. The normalized spacial score (nSPS) is 21.4. The van der Waals surface area contributed by atoms with Gasteiger partial charge in [0.2, 0.25) is 0 Å². The number of rotatable bonds is 2. The van der Waals surface area contributed by atoms with Gasteiger partial charge < -0.3 is 15.6 Å². The van der Waals surface area contributed by atoms with Gasteiger partial charge >= 0.3 is 12.1 Å². The van der Waals surface area contributed by atoms with Crippen LogP contribution in [0.1, 0.15) is 31.4 Å². The van der Waals surface area contributed by atoms with Crippen LogP contribution >= 0.6 is 0 Å². The zero-order chi connectivity index (χ0) is 16.7. The van der Waals surface area contributed by atoms with Gasteiger partial charge in [0.15, 0.2) is 6.04 Å². The number of nitrogens with one attached hydrogen (secondary N) is 1. The molecule has 122 valence electrons. The minimum Gasteiger partial charge on any atom is -0.495 e. The van der Waals surface area contributed by atoms with Crippen LogP contribution < -0.4 is 15.5 Å². The summed E-state index contributed by atoms with van der Waals surface area (Å²) in [5.41, 5.74) is 7.64. The number of aryl methyl sites for hydroxylation is 1.